The maximum atomic E-state index is 5.53. The molecule has 0 aliphatic carbocycles. The van der Waals surface area contributed by atoms with Gasteiger partial charge in [0.25, 0.3) is 0 Å². The second kappa shape index (κ2) is 7.30. The molecular formula is C14H23NO2. The minimum Gasteiger partial charge on any atom is -0.497 e. The van der Waals surface area contributed by atoms with Crippen LogP contribution in [0.1, 0.15) is 19.4 Å². The zero-order valence-corrected chi connectivity index (χ0v) is 11.3. The smallest absolute Gasteiger partial charge is 0.118 e. The highest BCUT2D eigenvalue weighted by Gasteiger charge is 2.01. The fraction of sp³-hybridized carbons (Fsp3) is 0.571. The molecule has 0 aliphatic heterocycles. The summed E-state index contributed by atoms with van der Waals surface area (Å²) in [5.41, 5.74) is 1.29. The van der Waals surface area contributed by atoms with Crippen LogP contribution in [-0.4, -0.2) is 38.3 Å². The Morgan fingerprint density at radius 3 is 2.35 bits per heavy atom. The number of benzene rings is 1. The number of hydrogen-bond acceptors (Lipinski definition) is 3. The van der Waals surface area contributed by atoms with Crippen molar-refractivity contribution >= 4 is 0 Å². The third-order valence-corrected chi connectivity index (χ3v) is 2.54. The summed E-state index contributed by atoms with van der Waals surface area (Å²) < 4.78 is 10.7. The topological polar surface area (TPSA) is 21.7 Å². The van der Waals surface area contributed by atoms with E-state index in [2.05, 4.69) is 37.9 Å². The van der Waals surface area contributed by atoms with Crippen molar-refractivity contribution in [3.8, 4) is 5.75 Å². The predicted octanol–water partition coefficient (Wildman–Crippen LogP) is 2.55. The van der Waals surface area contributed by atoms with Gasteiger partial charge in [-0.2, -0.15) is 0 Å². The molecule has 0 fully saturated rings. The van der Waals surface area contributed by atoms with E-state index in [1.165, 1.54) is 5.56 Å². The highest BCUT2D eigenvalue weighted by Crippen LogP contribution is 2.12. The van der Waals surface area contributed by atoms with Crippen molar-refractivity contribution < 1.29 is 9.47 Å². The maximum Gasteiger partial charge on any atom is 0.118 e. The van der Waals surface area contributed by atoms with Gasteiger partial charge in [0.15, 0.2) is 0 Å². The SMILES string of the molecule is COc1ccc(CN(C)CCOC(C)C)cc1. The summed E-state index contributed by atoms with van der Waals surface area (Å²) in [6.45, 7) is 6.78. The van der Waals surface area contributed by atoms with Gasteiger partial charge in [-0.05, 0) is 38.6 Å². The molecule has 1 aromatic carbocycles. The van der Waals surface area contributed by atoms with Gasteiger partial charge in [0.1, 0.15) is 5.75 Å². The molecule has 0 saturated heterocycles. The third-order valence-electron chi connectivity index (χ3n) is 2.54. The average Bonchev–Trinajstić information content (AvgIpc) is 2.29. The Kier molecular flexibility index (Phi) is 6.01. The molecule has 0 saturated carbocycles. The molecule has 0 atom stereocenters. The second-order valence-corrected chi connectivity index (χ2v) is 4.51. The van der Waals surface area contributed by atoms with Crippen molar-refractivity contribution in [3.63, 3.8) is 0 Å². The van der Waals surface area contributed by atoms with E-state index in [0.717, 1.165) is 25.4 Å². The van der Waals surface area contributed by atoms with E-state index < -0.39 is 0 Å². The summed E-state index contributed by atoms with van der Waals surface area (Å²) in [6.07, 6.45) is 0.310. The Morgan fingerprint density at radius 1 is 1.18 bits per heavy atom. The van der Waals surface area contributed by atoms with E-state index in [1.807, 2.05) is 12.1 Å². The van der Waals surface area contributed by atoms with Gasteiger partial charge in [-0.25, -0.2) is 0 Å². The first-order valence-corrected chi connectivity index (χ1v) is 6.05. The van der Waals surface area contributed by atoms with Crippen LogP contribution >= 0.6 is 0 Å². The molecule has 1 rings (SSSR count). The second-order valence-electron chi connectivity index (χ2n) is 4.51. The quantitative estimate of drug-likeness (QED) is 0.727. The van der Waals surface area contributed by atoms with Gasteiger partial charge in [0.05, 0.1) is 19.8 Å². The van der Waals surface area contributed by atoms with Crippen LogP contribution in [0.4, 0.5) is 0 Å². The third kappa shape index (κ3) is 5.71. The van der Waals surface area contributed by atoms with Crippen LogP contribution < -0.4 is 4.74 Å². The molecule has 0 aromatic heterocycles. The van der Waals surface area contributed by atoms with Gasteiger partial charge in [-0.1, -0.05) is 12.1 Å². The van der Waals surface area contributed by atoms with Gasteiger partial charge < -0.3 is 9.47 Å². The minimum absolute atomic E-state index is 0.310. The van der Waals surface area contributed by atoms with E-state index in [1.54, 1.807) is 7.11 Å². The lowest BCUT2D eigenvalue weighted by Gasteiger charge is -2.17. The van der Waals surface area contributed by atoms with Crippen molar-refractivity contribution in [1.82, 2.24) is 4.90 Å². The van der Waals surface area contributed by atoms with Crippen LogP contribution in [0.2, 0.25) is 0 Å². The standard InChI is InChI=1S/C14H23NO2/c1-12(2)17-10-9-15(3)11-13-5-7-14(16-4)8-6-13/h5-8,12H,9-11H2,1-4H3. The zero-order valence-electron chi connectivity index (χ0n) is 11.3. The first kappa shape index (κ1) is 14.0. The van der Waals surface area contributed by atoms with Crippen LogP contribution in [0.3, 0.4) is 0 Å². The number of ether oxygens (including phenoxy) is 2. The summed E-state index contributed by atoms with van der Waals surface area (Å²) in [7, 11) is 3.79. The molecule has 96 valence electrons. The van der Waals surface area contributed by atoms with Gasteiger partial charge in [0.2, 0.25) is 0 Å². The first-order chi connectivity index (χ1) is 8.11. The first-order valence-electron chi connectivity index (χ1n) is 6.05. The Hall–Kier alpha value is -1.06. The van der Waals surface area contributed by atoms with Crippen LogP contribution in [0, 0.1) is 0 Å². The van der Waals surface area contributed by atoms with Crippen LogP contribution in [0.5, 0.6) is 5.75 Å². The number of likely N-dealkylation sites (N-methyl/N-ethyl adjacent to an activating group) is 1. The fourth-order valence-electron chi connectivity index (χ4n) is 1.57. The minimum atomic E-state index is 0.310. The van der Waals surface area contributed by atoms with Crippen LogP contribution in [-0.2, 0) is 11.3 Å². The lowest BCUT2D eigenvalue weighted by molar-refractivity contribution is 0.0627. The van der Waals surface area contributed by atoms with Crippen molar-refractivity contribution in [3.05, 3.63) is 29.8 Å². The van der Waals surface area contributed by atoms with Crippen molar-refractivity contribution in [1.29, 1.82) is 0 Å². The Balaban J connectivity index is 2.31. The molecule has 0 amide bonds. The van der Waals surface area contributed by atoms with Crippen LogP contribution in [0.15, 0.2) is 24.3 Å². The van der Waals surface area contributed by atoms with Crippen LogP contribution in [0.25, 0.3) is 0 Å². The monoisotopic (exact) mass is 237 g/mol. The molecule has 17 heavy (non-hydrogen) atoms. The van der Waals surface area contributed by atoms with Gasteiger partial charge in [-0.15, -0.1) is 0 Å². The largest absolute Gasteiger partial charge is 0.497 e. The Morgan fingerprint density at radius 2 is 1.82 bits per heavy atom. The fourth-order valence-corrected chi connectivity index (χ4v) is 1.57. The summed E-state index contributed by atoms with van der Waals surface area (Å²) in [6, 6.07) is 8.18. The highest BCUT2D eigenvalue weighted by molar-refractivity contribution is 5.26. The molecule has 0 aliphatic rings. The molecule has 3 nitrogen and oxygen atoms in total. The summed E-state index contributed by atoms with van der Waals surface area (Å²) >= 11 is 0. The van der Waals surface area contributed by atoms with Gasteiger partial charge in [0, 0.05) is 13.1 Å². The molecule has 0 radical (unpaired) electrons. The van der Waals surface area contributed by atoms with E-state index in [0.29, 0.717) is 6.10 Å². The number of rotatable bonds is 7. The highest BCUT2D eigenvalue weighted by atomic mass is 16.5. The molecule has 0 bridgehead atoms. The normalized spacial score (nSPS) is 11.2. The molecule has 0 heterocycles. The van der Waals surface area contributed by atoms with E-state index in [-0.39, 0.29) is 0 Å². The zero-order chi connectivity index (χ0) is 12.7. The molecule has 1 aromatic rings. The molecule has 0 unspecified atom stereocenters. The number of nitrogens with zero attached hydrogens (tertiary/aromatic N) is 1. The summed E-state index contributed by atoms with van der Waals surface area (Å²) in [5, 5.41) is 0. The summed E-state index contributed by atoms with van der Waals surface area (Å²) in [5.74, 6) is 0.902. The Labute approximate surface area is 104 Å². The molecular weight excluding hydrogens is 214 g/mol. The average molecular weight is 237 g/mol. The van der Waals surface area contributed by atoms with E-state index in [9.17, 15) is 0 Å². The molecule has 0 spiro atoms. The lowest BCUT2D eigenvalue weighted by Crippen LogP contribution is -2.23. The van der Waals surface area contributed by atoms with Gasteiger partial charge in [-0.3, -0.25) is 4.90 Å². The molecule has 3 heteroatoms. The van der Waals surface area contributed by atoms with Crippen molar-refractivity contribution in [2.45, 2.75) is 26.5 Å². The maximum absolute atomic E-state index is 5.53. The summed E-state index contributed by atoms with van der Waals surface area (Å²) in [4.78, 5) is 2.25. The predicted molar refractivity (Wildman–Crippen MR) is 70.4 cm³/mol. The van der Waals surface area contributed by atoms with E-state index >= 15 is 0 Å². The van der Waals surface area contributed by atoms with Crippen molar-refractivity contribution in [2.24, 2.45) is 0 Å². The number of hydrogen-bond donors (Lipinski definition) is 0. The lowest BCUT2D eigenvalue weighted by atomic mass is 10.2. The van der Waals surface area contributed by atoms with E-state index in [4.69, 9.17) is 9.47 Å². The van der Waals surface area contributed by atoms with Crippen molar-refractivity contribution in [2.75, 3.05) is 27.3 Å². The number of methoxy groups -OCH3 is 1. The Bertz CT molecular complexity index is 309. The van der Waals surface area contributed by atoms with Gasteiger partial charge >= 0.3 is 0 Å². The molecule has 0 N–H and O–H groups in total.